The SMILES string of the molecule is O=C(C1CCCN(c2ncccn2)C1)N1C[C@@H]2C[C@H](C1)c1cccc(=O)n1C2. The van der Waals surface area contributed by atoms with Crippen LogP contribution in [0.2, 0.25) is 0 Å². The minimum Gasteiger partial charge on any atom is -0.341 e. The monoisotopic (exact) mass is 379 g/mol. The minimum atomic E-state index is -0.00523. The molecule has 3 atom stereocenters. The van der Waals surface area contributed by atoms with E-state index < -0.39 is 0 Å². The summed E-state index contributed by atoms with van der Waals surface area (Å²) in [4.78, 5) is 38.4. The second-order valence-corrected chi connectivity index (χ2v) is 8.28. The van der Waals surface area contributed by atoms with E-state index in [-0.39, 0.29) is 23.3 Å². The standard InChI is InChI=1S/C21H25N5O2/c27-19-6-1-5-18-17-10-15(12-26(18)19)11-25(14-17)20(28)16-4-2-9-24(13-16)21-22-7-3-8-23-21/h1,3,5-8,15-17H,2,4,9-14H2/t15-,16?,17+/m0/s1. The van der Waals surface area contributed by atoms with Crippen molar-refractivity contribution >= 4 is 11.9 Å². The summed E-state index contributed by atoms with van der Waals surface area (Å²) in [6.07, 6.45) is 6.47. The maximum absolute atomic E-state index is 13.3. The van der Waals surface area contributed by atoms with Crippen LogP contribution < -0.4 is 10.5 Å². The molecule has 0 N–H and O–H groups in total. The number of anilines is 1. The van der Waals surface area contributed by atoms with Crippen molar-refractivity contribution in [3.8, 4) is 0 Å². The van der Waals surface area contributed by atoms with Crippen LogP contribution >= 0.6 is 0 Å². The van der Waals surface area contributed by atoms with Crippen LogP contribution in [0, 0.1) is 11.8 Å². The molecule has 28 heavy (non-hydrogen) atoms. The lowest BCUT2D eigenvalue weighted by Crippen LogP contribution is -2.52. The molecule has 2 aromatic heterocycles. The zero-order chi connectivity index (χ0) is 19.1. The molecule has 7 nitrogen and oxygen atoms in total. The molecule has 0 saturated carbocycles. The van der Waals surface area contributed by atoms with Crippen LogP contribution in [0.1, 0.15) is 30.9 Å². The molecule has 0 spiro atoms. The fourth-order valence-electron chi connectivity index (χ4n) is 5.15. The number of aromatic nitrogens is 3. The van der Waals surface area contributed by atoms with Gasteiger partial charge >= 0.3 is 0 Å². The summed E-state index contributed by atoms with van der Waals surface area (Å²) in [5, 5.41) is 0. The van der Waals surface area contributed by atoms with Gasteiger partial charge in [0.25, 0.3) is 5.56 Å². The number of fused-ring (bicyclic) bond motifs is 4. The highest BCUT2D eigenvalue weighted by Crippen LogP contribution is 2.36. The number of piperidine rings is 2. The van der Waals surface area contributed by atoms with E-state index in [0.29, 0.717) is 18.4 Å². The topological polar surface area (TPSA) is 71.3 Å². The van der Waals surface area contributed by atoms with Crippen molar-refractivity contribution in [2.45, 2.75) is 31.7 Å². The Bertz CT molecular complexity index is 928. The van der Waals surface area contributed by atoms with Crippen LogP contribution in [-0.2, 0) is 11.3 Å². The molecule has 1 unspecified atom stereocenters. The third kappa shape index (κ3) is 3.08. The highest BCUT2D eigenvalue weighted by Gasteiger charge is 2.39. The van der Waals surface area contributed by atoms with Gasteiger partial charge < -0.3 is 14.4 Å². The van der Waals surface area contributed by atoms with E-state index in [2.05, 4.69) is 19.8 Å². The first-order valence-corrected chi connectivity index (χ1v) is 10.2. The molecular formula is C21H25N5O2. The maximum Gasteiger partial charge on any atom is 0.250 e. The van der Waals surface area contributed by atoms with Crippen LogP contribution in [0.15, 0.2) is 41.5 Å². The van der Waals surface area contributed by atoms with Crippen LogP contribution in [-0.4, -0.2) is 51.5 Å². The molecule has 5 rings (SSSR count). The van der Waals surface area contributed by atoms with Crippen molar-refractivity contribution in [1.82, 2.24) is 19.4 Å². The van der Waals surface area contributed by atoms with Crippen molar-refractivity contribution in [2.75, 3.05) is 31.1 Å². The van der Waals surface area contributed by atoms with E-state index in [1.807, 2.05) is 22.8 Å². The van der Waals surface area contributed by atoms with E-state index in [0.717, 1.165) is 51.1 Å². The average molecular weight is 379 g/mol. The number of nitrogens with zero attached hydrogens (tertiary/aromatic N) is 5. The van der Waals surface area contributed by atoms with Gasteiger partial charge in [-0.3, -0.25) is 9.59 Å². The van der Waals surface area contributed by atoms with Crippen molar-refractivity contribution < 1.29 is 4.79 Å². The minimum absolute atomic E-state index is 0.00523. The summed E-state index contributed by atoms with van der Waals surface area (Å²) in [7, 11) is 0. The van der Waals surface area contributed by atoms with E-state index >= 15 is 0 Å². The molecule has 2 aromatic rings. The molecule has 2 fully saturated rings. The predicted molar refractivity (Wildman–Crippen MR) is 105 cm³/mol. The number of carbonyl (C=O) groups excluding carboxylic acids is 1. The van der Waals surface area contributed by atoms with Gasteiger partial charge in [0.2, 0.25) is 11.9 Å². The van der Waals surface area contributed by atoms with Crippen LogP contribution in [0.5, 0.6) is 0 Å². The van der Waals surface area contributed by atoms with E-state index in [1.165, 1.54) is 0 Å². The highest BCUT2D eigenvalue weighted by molar-refractivity contribution is 5.80. The van der Waals surface area contributed by atoms with Gasteiger partial charge in [0.1, 0.15) is 0 Å². The summed E-state index contributed by atoms with van der Waals surface area (Å²) < 4.78 is 1.91. The van der Waals surface area contributed by atoms with Crippen molar-refractivity contribution in [2.24, 2.45) is 11.8 Å². The Labute approximate surface area is 164 Å². The average Bonchev–Trinajstić information content (AvgIpc) is 2.75. The molecule has 3 aliphatic rings. The van der Waals surface area contributed by atoms with Crippen LogP contribution in [0.25, 0.3) is 0 Å². The van der Waals surface area contributed by atoms with E-state index in [1.54, 1.807) is 18.5 Å². The third-order valence-corrected chi connectivity index (χ3v) is 6.40. The Balaban J connectivity index is 1.32. The fourth-order valence-corrected chi connectivity index (χ4v) is 5.15. The van der Waals surface area contributed by atoms with Gasteiger partial charge in [-0.2, -0.15) is 0 Å². The first kappa shape index (κ1) is 17.4. The van der Waals surface area contributed by atoms with Crippen molar-refractivity contribution in [3.05, 3.63) is 52.7 Å². The number of likely N-dealkylation sites (tertiary alicyclic amines) is 1. The number of carbonyl (C=O) groups is 1. The summed E-state index contributed by atoms with van der Waals surface area (Å²) in [5.74, 6) is 1.59. The van der Waals surface area contributed by atoms with Gasteiger partial charge in [0, 0.05) is 62.8 Å². The zero-order valence-corrected chi connectivity index (χ0v) is 15.9. The molecule has 2 bridgehead atoms. The number of hydrogen-bond acceptors (Lipinski definition) is 5. The summed E-state index contributed by atoms with van der Waals surface area (Å²) >= 11 is 0. The van der Waals surface area contributed by atoms with E-state index in [4.69, 9.17) is 0 Å². The lowest BCUT2D eigenvalue weighted by atomic mass is 9.82. The van der Waals surface area contributed by atoms with Crippen molar-refractivity contribution in [1.29, 1.82) is 0 Å². The Hall–Kier alpha value is -2.70. The Morgan fingerprint density at radius 3 is 2.75 bits per heavy atom. The third-order valence-electron chi connectivity index (χ3n) is 6.40. The molecule has 1 amide bonds. The number of amides is 1. The molecule has 5 heterocycles. The second kappa shape index (κ2) is 7.04. The number of rotatable bonds is 2. The molecular weight excluding hydrogens is 354 g/mol. The highest BCUT2D eigenvalue weighted by atomic mass is 16.2. The first-order valence-electron chi connectivity index (χ1n) is 10.2. The summed E-state index contributed by atoms with van der Waals surface area (Å²) in [6, 6.07) is 7.33. The molecule has 0 aliphatic carbocycles. The Kier molecular flexibility index (Phi) is 4.37. The first-order chi connectivity index (χ1) is 13.7. The fraction of sp³-hybridized carbons (Fsp3) is 0.524. The molecule has 7 heteroatoms. The lowest BCUT2D eigenvalue weighted by Gasteiger charge is -2.44. The Morgan fingerprint density at radius 2 is 1.89 bits per heavy atom. The largest absolute Gasteiger partial charge is 0.341 e. The predicted octanol–water partition coefficient (Wildman–Crippen LogP) is 1.50. The summed E-state index contributed by atoms with van der Waals surface area (Å²) in [6.45, 7) is 3.79. The maximum atomic E-state index is 13.3. The van der Waals surface area contributed by atoms with Crippen LogP contribution in [0.4, 0.5) is 5.95 Å². The quantitative estimate of drug-likeness (QED) is 0.791. The van der Waals surface area contributed by atoms with Gasteiger partial charge in [0.05, 0.1) is 5.92 Å². The molecule has 0 aromatic carbocycles. The Morgan fingerprint density at radius 1 is 1.04 bits per heavy atom. The lowest BCUT2D eigenvalue weighted by molar-refractivity contribution is -0.138. The molecule has 0 radical (unpaired) electrons. The van der Waals surface area contributed by atoms with Crippen molar-refractivity contribution in [3.63, 3.8) is 0 Å². The van der Waals surface area contributed by atoms with Crippen LogP contribution in [0.3, 0.4) is 0 Å². The molecule has 3 aliphatic heterocycles. The molecule has 146 valence electrons. The van der Waals surface area contributed by atoms with Gasteiger partial charge in [-0.15, -0.1) is 0 Å². The number of hydrogen-bond donors (Lipinski definition) is 0. The molecule has 2 saturated heterocycles. The zero-order valence-electron chi connectivity index (χ0n) is 15.9. The second-order valence-electron chi connectivity index (χ2n) is 8.28. The normalized spacial score (nSPS) is 26.6. The van der Waals surface area contributed by atoms with Gasteiger partial charge in [-0.05, 0) is 37.3 Å². The van der Waals surface area contributed by atoms with Gasteiger partial charge in [-0.1, -0.05) is 6.07 Å². The number of pyridine rings is 1. The van der Waals surface area contributed by atoms with E-state index in [9.17, 15) is 9.59 Å². The van der Waals surface area contributed by atoms with Gasteiger partial charge in [-0.25, -0.2) is 9.97 Å². The van der Waals surface area contributed by atoms with Gasteiger partial charge in [0.15, 0.2) is 0 Å². The summed E-state index contributed by atoms with van der Waals surface area (Å²) in [5.41, 5.74) is 1.17. The smallest absolute Gasteiger partial charge is 0.250 e.